The number of amides is 3. The van der Waals surface area contributed by atoms with Gasteiger partial charge in [0, 0.05) is 4.90 Å². The van der Waals surface area contributed by atoms with Gasteiger partial charge >= 0.3 is 12.0 Å². The number of esters is 1. The lowest BCUT2D eigenvalue weighted by Crippen LogP contribution is -2.47. The maximum Gasteiger partial charge on any atom is 0.341 e. The molecule has 0 saturated heterocycles. The predicted molar refractivity (Wildman–Crippen MR) is 147 cm³/mol. The number of ether oxygens (including phenoxy) is 3. The number of anilines is 1. The molecular weight excluding hydrogens is 532 g/mol. The molecule has 0 spiro atoms. The van der Waals surface area contributed by atoms with Crippen LogP contribution in [0.15, 0.2) is 76.6 Å². The molecule has 0 fully saturated rings. The summed E-state index contributed by atoms with van der Waals surface area (Å²) in [7, 11) is 1.51. The lowest BCUT2D eigenvalue weighted by molar-refractivity contribution is -0.148. The molecule has 0 aliphatic carbocycles. The highest BCUT2D eigenvalue weighted by molar-refractivity contribution is 8.00. The zero-order chi connectivity index (χ0) is 28.1. The van der Waals surface area contributed by atoms with Crippen LogP contribution in [-0.4, -0.2) is 43.1 Å². The van der Waals surface area contributed by atoms with Crippen LogP contribution in [0.3, 0.4) is 0 Å². The second-order valence-corrected chi connectivity index (χ2v) is 9.98. The fourth-order valence-electron chi connectivity index (χ4n) is 4.47. The van der Waals surface area contributed by atoms with Crippen LogP contribution in [0.4, 0.5) is 10.5 Å². The normalized spacial score (nSPS) is 17.9. The van der Waals surface area contributed by atoms with Crippen molar-refractivity contribution in [2.45, 2.75) is 17.5 Å². The number of methoxy groups -OCH3 is 1. The number of nitrogens with one attached hydrogen (secondary N) is 2. The predicted octanol–water partition coefficient (Wildman–Crippen LogP) is 4.25. The van der Waals surface area contributed by atoms with Crippen LogP contribution in [0, 0.1) is 17.2 Å². The topological polar surface area (TPSA) is 139 Å². The number of para-hydroxylation sites is 2. The number of fused-ring (bicyclic) bond motifs is 1. The van der Waals surface area contributed by atoms with Crippen molar-refractivity contribution in [3.63, 3.8) is 0 Å². The van der Waals surface area contributed by atoms with Crippen molar-refractivity contribution < 1.29 is 28.6 Å². The summed E-state index contributed by atoms with van der Waals surface area (Å²) in [4.78, 5) is 43.3. The number of urea groups is 1. The minimum Gasteiger partial charge on any atom is -0.493 e. The van der Waals surface area contributed by atoms with Crippen LogP contribution in [0.2, 0.25) is 0 Å². The number of benzene rings is 3. The SMILES string of the molecule is COc1ccccc1OCC1=NC(=O)NC(c2ccc3c(c2)NC(=O)CS3)C1C(=O)OCc1cccc(C#N)c1. The van der Waals surface area contributed by atoms with Gasteiger partial charge in [0.05, 0.1) is 41.9 Å². The molecule has 0 bridgehead atoms. The molecule has 2 atom stereocenters. The summed E-state index contributed by atoms with van der Waals surface area (Å²) in [5.74, 6) is -0.581. The van der Waals surface area contributed by atoms with Gasteiger partial charge in [0.15, 0.2) is 11.5 Å². The Bertz CT molecular complexity index is 1550. The molecular formula is C29H24N4O6S. The Morgan fingerprint density at radius 3 is 2.70 bits per heavy atom. The van der Waals surface area contributed by atoms with Gasteiger partial charge in [-0.2, -0.15) is 10.3 Å². The molecule has 202 valence electrons. The van der Waals surface area contributed by atoms with E-state index in [0.717, 1.165) is 4.90 Å². The van der Waals surface area contributed by atoms with Crippen molar-refractivity contribution >= 4 is 41.1 Å². The number of hydrogen-bond donors (Lipinski definition) is 2. The van der Waals surface area contributed by atoms with Gasteiger partial charge in [-0.25, -0.2) is 4.79 Å². The number of carbonyl (C=O) groups is 3. The molecule has 40 heavy (non-hydrogen) atoms. The number of aliphatic imine (C=N–C) groups is 1. The first kappa shape index (κ1) is 26.8. The third-order valence-corrected chi connectivity index (χ3v) is 7.42. The Hall–Kier alpha value is -4.82. The summed E-state index contributed by atoms with van der Waals surface area (Å²) < 4.78 is 17.0. The van der Waals surface area contributed by atoms with Gasteiger partial charge in [-0.05, 0) is 47.5 Å². The van der Waals surface area contributed by atoms with Gasteiger partial charge in [0.25, 0.3) is 0 Å². The fraction of sp³-hybridized carbons (Fsp3) is 0.207. The van der Waals surface area contributed by atoms with Crippen LogP contribution in [-0.2, 0) is 20.9 Å². The number of carbonyl (C=O) groups excluding carboxylic acids is 3. The van der Waals surface area contributed by atoms with E-state index in [1.807, 2.05) is 6.07 Å². The fourth-order valence-corrected chi connectivity index (χ4v) is 5.26. The number of nitrogens with zero attached hydrogens (tertiary/aromatic N) is 2. The molecule has 3 aromatic rings. The van der Waals surface area contributed by atoms with Gasteiger partial charge in [-0.1, -0.05) is 30.3 Å². The molecule has 3 aromatic carbocycles. The third-order valence-electron chi connectivity index (χ3n) is 6.35. The minimum atomic E-state index is -1.03. The van der Waals surface area contributed by atoms with E-state index in [1.54, 1.807) is 60.7 Å². The molecule has 0 radical (unpaired) electrons. The summed E-state index contributed by atoms with van der Waals surface area (Å²) in [6.07, 6.45) is 0. The van der Waals surface area contributed by atoms with Gasteiger partial charge in [0.2, 0.25) is 5.91 Å². The van der Waals surface area contributed by atoms with Gasteiger partial charge < -0.3 is 24.8 Å². The van der Waals surface area contributed by atoms with Crippen LogP contribution in [0.1, 0.15) is 22.7 Å². The standard InChI is InChI=1S/C29H24N4O6S/c1-37-22-7-2-3-8-23(22)38-15-21-26(28(35)39-14-18-6-4-5-17(11-18)13-30)27(33-29(36)32-21)19-9-10-24-20(12-19)31-25(34)16-40-24/h2-12,26-27H,14-16H2,1H3,(H,31,34)(H,33,36). The Balaban J connectivity index is 1.45. The van der Waals surface area contributed by atoms with Gasteiger partial charge in [-0.3, -0.25) is 9.59 Å². The van der Waals surface area contributed by atoms with Gasteiger partial charge in [0.1, 0.15) is 19.1 Å². The maximum absolute atomic E-state index is 13.6. The summed E-state index contributed by atoms with van der Waals surface area (Å²) in [5, 5.41) is 14.8. The van der Waals surface area contributed by atoms with E-state index in [-0.39, 0.29) is 24.8 Å². The molecule has 2 aliphatic heterocycles. The molecule has 11 heteroatoms. The van der Waals surface area contributed by atoms with Crippen molar-refractivity contribution in [2.75, 3.05) is 24.8 Å². The molecule has 0 aromatic heterocycles. The largest absolute Gasteiger partial charge is 0.493 e. The first-order valence-corrected chi connectivity index (χ1v) is 13.3. The first-order valence-electron chi connectivity index (χ1n) is 12.3. The number of nitriles is 1. The third kappa shape index (κ3) is 5.92. The van der Waals surface area contributed by atoms with Crippen molar-refractivity contribution in [1.29, 1.82) is 5.26 Å². The highest BCUT2D eigenvalue weighted by Gasteiger charge is 2.40. The van der Waals surface area contributed by atoms with Crippen molar-refractivity contribution in [2.24, 2.45) is 10.9 Å². The Labute approximate surface area is 234 Å². The van der Waals surface area contributed by atoms with Crippen LogP contribution >= 0.6 is 11.8 Å². The highest BCUT2D eigenvalue weighted by atomic mass is 32.2. The molecule has 10 nitrogen and oxygen atoms in total. The Kier molecular flexibility index (Phi) is 7.98. The number of hydrogen-bond acceptors (Lipinski definition) is 8. The average Bonchev–Trinajstić information content (AvgIpc) is 2.98. The molecule has 0 saturated carbocycles. The second-order valence-electron chi connectivity index (χ2n) is 8.96. The molecule has 2 aliphatic rings. The number of thioether (sulfide) groups is 1. The van der Waals surface area contributed by atoms with E-state index >= 15 is 0 Å². The summed E-state index contributed by atoms with van der Waals surface area (Å²) in [6, 6.07) is 19.7. The van der Waals surface area contributed by atoms with Crippen LogP contribution in [0.5, 0.6) is 11.5 Å². The van der Waals surface area contributed by atoms with Crippen molar-refractivity contribution in [3.05, 3.63) is 83.4 Å². The smallest absolute Gasteiger partial charge is 0.341 e. The zero-order valence-electron chi connectivity index (χ0n) is 21.4. The van der Waals surface area contributed by atoms with Crippen LogP contribution in [0.25, 0.3) is 0 Å². The van der Waals surface area contributed by atoms with Gasteiger partial charge in [-0.15, -0.1) is 11.8 Å². The highest BCUT2D eigenvalue weighted by Crippen LogP contribution is 2.37. The van der Waals surface area contributed by atoms with E-state index in [9.17, 15) is 19.6 Å². The van der Waals surface area contributed by atoms with E-state index in [2.05, 4.69) is 21.7 Å². The molecule has 2 N–H and O–H groups in total. The summed E-state index contributed by atoms with van der Waals surface area (Å²) in [5.41, 5.74) is 2.45. The lowest BCUT2D eigenvalue weighted by atomic mass is 9.87. The molecule has 2 heterocycles. The molecule has 2 unspecified atom stereocenters. The Morgan fingerprint density at radius 2 is 1.90 bits per heavy atom. The minimum absolute atomic E-state index is 0.0803. The zero-order valence-corrected chi connectivity index (χ0v) is 22.2. The van der Waals surface area contributed by atoms with E-state index in [4.69, 9.17) is 14.2 Å². The summed E-state index contributed by atoms with van der Waals surface area (Å²) in [6.45, 7) is -0.255. The summed E-state index contributed by atoms with van der Waals surface area (Å²) >= 11 is 1.41. The quantitative estimate of drug-likeness (QED) is 0.393. The lowest BCUT2D eigenvalue weighted by Gasteiger charge is -2.31. The van der Waals surface area contributed by atoms with E-state index < -0.39 is 24.0 Å². The average molecular weight is 557 g/mol. The Morgan fingerprint density at radius 1 is 1.07 bits per heavy atom. The molecule has 5 rings (SSSR count). The molecule has 3 amide bonds. The monoisotopic (exact) mass is 556 g/mol. The first-order chi connectivity index (χ1) is 19.4. The number of rotatable bonds is 8. The van der Waals surface area contributed by atoms with Crippen LogP contribution < -0.4 is 20.1 Å². The van der Waals surface area contributed by atoms with Crippen molar-refractivity contribution in [1.82, 2.24) is 5.32 Å². The maximum atomic E-state index is 13.6. The van der Waals surface area contributed by atoms with E-state index in [0.29, 0.717) is 39.6 Å². The van der Waals surface area contributed by atoms with E-state index in [1.165, 1.54) is 18.9 Å². The second kappa shape index (κ2) is 11.9. The van der Waals surface area contributed by atoms with Crippen molar-refractivity contribution in [3.8, 4) is 17.6 Å².